The van der Waals surface area contributed by atoms with Crippen molar-refractivity contribution in [3.8, 4) is 5.69 Å². The predicted molar refractivity (Wildman–Crippen MR) is 127 cm³/mol. The molecule has 1 aliphatic rings. The van der Waals surface area contributed by atoms with E-state index in [1.54, 1.807) is 0 Å². The summed E-state index contributed by atoms with van der Waals surface area (Å²) in [5.41, 5.74) is 3.97. The van der Waals surface area contributed by atoms with Crippen molar-refractivity contribution in [1.82, 2.24) is 4.57 Å². The van der Waals surface area contributed by atoms with Crippen LogP contribution in [0.25, 0.3) is 38.3 Å². The number of hydrogen-bond donors (Lipinski definition) is 0. The molecular weight excluding hydrogens is 480 g/mol. The molecule has 1 aromatic heterocycles. The quantitative estimate of drug-likeness (QED) is 0.203. The van der Waals surface area contributed by atoms with Gasteiger partial charge in [-0.25, -0.2) is 12.2 Å². The molecule has 1 heterocycles. The van der Waals surface area contributed by atoms with Gasteiger partial charge in [-0.15, -0.1) is 41.1 Å². The zero-order valence-corrected chi connectivity index (χ0v) is 20.5. The molecule has 0 fully saturated rings. The number of hydrogen-bond acceptors (Lipinski definition) is 0. The van der Waals surface area contributed by atoms with E-state index in [9.17, 15) is 5.25 Å². The van der Waals surface area contributed by atoms with Crippen LogP contribution in [0.15, 0.2) is 103 Å². The van der Waals surface area contributed by atoms with Crippen LogP contribution in [0.1, 0.15) is 13.8 Å². The van der Waals surface area contributed by atoms with E-state index in [0.29, 0.717) is 0 Å². The van der Waals surface area contributed by atoms with Crippen LogP contribution in [0.2, 0.25) is 0 Å². The number of para-hydroxylation sites is 2. The fourth-order valence-electron chi connectivity index (χ4n) is 4.06. The topological polar surface area (TPSA) is 4.93 Å². The zero-order chi connectivity index (χ0) is 22.6. The predicted octanol–water partition coefficient (Wildman–Crippen LogP) is 8.44. The average Bonchev–Trinajstić information content (AvgIpc) is 3.49. The summed E-state index contributed by atoms with van der Waals surface area (Å²) >= 11 is -2.77. The van der Waals surface area contributed by atoms with Gasteiger partial charge in [0.1, 0.15) is 0 Å². The standard InChI is InChI=1S/C21H14N.C7H9.2FH.Zr/c1-2-8-16-14-17(13-15(16)7-1)22-20-11-5-3-9-18(20)19-10-4-6-12-21(19)22;1-7(2)5-3-4-6-7;;;/h1-14H;3-5H,1-2H3;2*1H;/q2*-1;;;+4/p-2. The van der Waals surface area contributed by atoms with Crippen molar-refractivity contribution in [2.45, 2.75) is 13.8 Å². The van der Waals surface area contributed by atoms with Gasteiger partial charge in [0.15, 0.2) is 0 Å². The van der Waals surface area contributed by atoms with Gasteiger partial charge in [0, 0.05) is 10.8 Å². The number of benzene rings is 3. The molecule has 0 atom stereocenters. The molecule has 0 unspecified atom stereocenters. The maximum Gasteiger partial charge on any atom is 0.0523 e. The van der Waals surface area contributed by atoms with E-state index < -0.39 is 24.5 Å². The van der Waals surface area contributed by atoms with Crippen LogP contribution in [0.5, 0.6) is 0 Å². The molecule has 158 valence electrons. The summed E-state index contributed by atoms with van der Waals surface area (Å²) in [5.74, 6) is 0. The van der Waals surface area contributed by atoms with Gasteiger partial charge in [-0.3, -0.25) is 6.08 Å². The molecule has 0 N–H and O–H groups in total. The molecule has 0 radical (unpaired) electrons. The summed E-state index contributed by atoms with van der Waals surface area (Å²) in [4.78, 5) is 0. The van der Waals surface area contributed by atoms with Crippen LogP contribution in [-0.2, 0) is 24.5 Å². The Morgan fingerprint density at radius 1 is 0.844 bits per heavy atom. The van der Waals surface area contributed by atoms with Crippen LogP contribution in [-0.4, -0.2) is 4.57 Å². The molecule has 5 aromatic rings. The molecule has 0 amide bonds. The third-order valence-electron chi connectivity index (χ3n) is 5.51. The number of rotatable bonds is 1. The van der Waals surface area contributed by atoms with Gasteiger partial charge in [0.2, 0.25) is 0 Å². The van der Waals surface area contributed by atoms with Crippen LogP contribution < -0.4 is 0 Å². The molecule has 0 spiro atoms. The van der Waals surface area contributed by atoms with Crippen molar-refractivity contribution < 1.29 is 29.7 Å². The van der Waals surface area contributed by atoms with E-state index >= 15 is 0 Å². The Labute approximate surface area is 200 Å². The first-order valence-electron chi connectivity index (χ1n) is 10.4. The molecular formula is C28H23F2NZr. The minimum Gasteiger partial charge on any atom is -0.328 e. The number of aromatic nitrogens is 1. The van der Waals surface area contributed by atoms with Gasteiger partial charge < -0.3 is 4.57 Å². The SMILES string of the molecule is CC1(C)[C-]=CC=C1.[F][Zr+2][F].c1ccc2[cH-]c(-n3c4ccccc4c4ccccc43)cc2c1. The van der Waals surface area contributed by atoms with Gasteiger partial charge in [-0.2, -0.15) is 6.08 Å². The molecule has 0 saturated carbocycles. The third-order valence-corrected chi connectivity index (χ3v) is 5.51. The van der Waals surface area contributed by atoms with Crippen LogP contribution in [0.3, 0.4) is 0 Å². The van der Waals surface area contributed by atoms with E-state index in [1.165, 1.54) is 38.3 Å². The van der Waals surface area contributed by atoms with E-state index in [0.717, 1.165) is 0 Å². The normalized spacial score (nSPS) is 13.5. The van der Waals surface area contributed by atoms with Crippen molar-refractivity contribution in [3.63, 3.8) is 0 Å². The Morgan fingerprint density at radius 3 is 1.91 bits per heavy atom. The van der Waals surface area contributed by atoms with Crippen LogP contribution in [0.4, 0.5) is 5.25 Å². The first kappa shape index (κ1) is 22.5. The summed E-state index contributed by atoms with van der Waals surface area (Å²) < 4.78 is 22.0. The Morgan fingerprint density at radius 2 is 1.41 bits per heavy atom. The Hall–Kier alpha value is -2.71. The van der Waals surface area contributed by atoms with Gasteiger partial charge in [0.05, 0.1) is 11.0 Å². The summed E-state index contributed by atoms with van der Waals surface area (Å²) in [5, 5.41) is 5.20. The molecule has 32 heavy (non-hydrogen) atoms. The van der Waals surface area contributed by atoms with Gasteiger partial charge >= 0.3 is 29.7 Å². The van der Waals surface area contributed by atoms with Gasteiger partial charge in [0.25, 0.3) is 0 Å². The molecule has 1 nitrogen and oxygen atoms in total. The van der Waals surface area contributed by atoms with Gasteiger partial charge in [-0.05, 0) is 17.8 Å². The van der Waals surface area contributed by atoms with Crippen LogP contribution >= 0.6 is 0 Å². The first-order chi connectivity index (χ1) is 15.5. The maximum absolute atomic E-state index is 9.80. The second kappa shape index (κ2) is 9.83. The molecule has 4 heteroatoms. The molecule has 0 saturated heterocycles. The number of fused-ring (bicyclic) bond motifs is 4. The fourth-order valence-corrected chi connectivity index (χ4v) is 4.06. The molecule has 0 aliphatic heterocycles. The smallest absolute Gasteiger partial charge is 0.0523 e. The number of nitrogens with zero attached hydrogens (tertiary/aromatic N) is 1. The summed E-state index contributed by atoms with van der Waals surface area (Å²) in [6.07, 6.45) is 9.28. The second-order valence-corrected chi connectivity index (χ2v) is 8.53. The summed E-state index contributed by atoms with van der Waals surface area (Å²) in [6, 6.07) is 30.3. The number of allylic oxidation sites excluding steroid dienone is 4. The molecule has 6 rings (SSSR count). The minimum atomic E-state index is -2.77. The van der Waals surface area contributed by atoms with Crippen molar-refractivity contribution in [2.75, 3.05) is 0 Å². The summed E-state index contributed by atoms with van der Waals surface area (Å²) in [6.45, 7) is 4.26. The second-order valence-electron chi connectivity index (χ2n) is 8.18. The van der Waals surface area contributed by atoms with Gasteiger partial charge in [-0.1, -0.05) is 61.7 Å². The van der Waals surface area contributed by atoms with E-state index in [1.807, 2.05) is 12.2 Å². The fraction of sp³-hybridized carbons (Fsp3) is 0.107. The molecule has 4 aromatic carbocycles. The summed E-state index contributed by atoms with van der Waals surface area (Å²) in [7, 11) is 0. The maximum atomic E-state index is 9.80. The Balaban J connectivity index is 0.000000206. The average molecular weight is 503 g/mol. The molecule has 0 bridgehead atoms. The van der Waals surface area contributed by atoms with Crippen molar-refractivity contribution in [2.24, 2.45) is 5.41 Å². The van der Waals surface area contributed by atoms with E-state index in [2.05, 4.69) is 115 Å². The largest absolute Gasteiger partial charge is 0.328 e. The third kappa shape index (κ3) is 4.71. The van der Waals surface area contributed by atoms with Crippen molar-refractivity contribution in [3.05, 3.63) is 109 Å². The monoisotopic (exact) mass is 501 g/mol. The van der Waals surface area contributed by atoms with Crippen molar-refractivity contribution >= 4 is 32.6 Å². The Bertz CT molecular complexity index is 1300. The van der Waals surface area contributed by atoms with E-state index in [4.69, 9.17) is 0 Å². The number of halogens is 2. The van der Waals surface area contributed by atoms with E-state index in [-0.39, 0.29) is 5.41 Å². The van der Waals surface area contributed by atoms with Crippen molar-refractivity contribution in [1.29, 1.82) is 0 Å². The Kier molecular flexibility index (Phi) is 6.91. The minimum absolute atomic E-state index is 0.208. The van der Waals surface area contributed by atoms with Crippen LogP contribution in [0, 0.1) is 11.5 Å². The first-order valence-corrected chi connectivity index (χ1v) is 12.3. The molecule has 1 aliphatic carbocycles. The zero-order valence-electron chi connectivity index (χ0n) is 18.0.